The van der Waals surface area contributed by atoms with E-state index in [9.17, 15) is 24.8 Å². The third-order valence-corrected chi connectivity index (χ3v) is 6.65. The smallest absolute Gasteiger partial charge is 0.334 e. The molecule has 2 N–H and O–H groups in total. The predicted molar refractivity (Wildman–Crippen MR) is 109 cm³/mol. The van der Waals surface area contributed by atoms with Crippen LogP contribution in [0.1, 0.15) is 58.3 Å². The third-order valence-electron chi connectivity index (χ3n) is 6.65. The minimum Gasteiger partial charge on any atom is -0.478 e. The fraction of sp³-hybridized carbons (Fsp3) is 0.478. The van der Waals surface area contributed by atoms with E-state index in [4.69, 9.17) is 9.47 Å². The first kappa shape index (κ1) is 22.3. The molecule has 0 radical (unpaired) electrons. The number of carboxylic acids is 1. The van der Waals surface area contributed by atoms with Crippen molar-refractivity contribution in [2.24, 2.45) is 5.41 Å². The van der Waals surface area contributed by atoms with Gasteiger partial charge in [0.25, 0.3) is 0 Å². The molecule has 0 aromatic heterocycles. The summed E-state index contributed by atoms with van der Waals surface area (Å²) in [5.41, 5.74) is -3.73. The molecular formula is C23H26N2O6. The standard InChI is InChI=1S/C23H26N2O6/c1-6-22-16-11-9-8-10-15(16)18(31-14(4)26)23(22,20(29)30-7-2)21(5,12-24)25-13(3)17(22)19(27)28/h8-11,18,25H,6-7H2,1-5H3,(H,27,28)/t18-,21-,22?,23-/m1/s1. The van der Waals surface area contributed by atoms with Gasteiger partial charge in [-0.25, -0.2) is 4.79 Å². The van der Waals surface area contributed by atoms with E-state index in [1.807, 2.05) is 0 Å². The SMILES string of the molecule is CCOC(=O)[C@@]12[C@H](OC(C)=O)c3ccccc3C1(CC)C(C(=O)O)=C(C)N[C@]2(C)C#N. The van der Waals surface area contributed by atoms with Crippen LogP contribution in [0.5, 0.6) is 0 Å². The van der Waals surface area contributed by atoms with Crippen LogP contribution in [-0.4, -0.2) is 35.2 Å². The molecule has 8 heteroatoms. The Kier molecular flexibility index (Phi) is 5.34. The second-order valence-electron chi connectivity index (χ2n) is 8.03. The number of ether oxygens (including phenoxy) is 2. The van der Waals surface area contributed by atoms with Gasteiger partial charge in [0.15, 0.2) is 5.41 Å². The zero-order valence-corrected chi connectivity index (χ0v) is 18.2. The summed E-state index contributed by atoms with van der Waals surface area (Å²) in [4.78, 5) is 38.6. The highest BCUT2D eigenvalue weighted by molar-refractivity contribution is 5.98. The van der Waals surface area contributed by atoms with Crippen molar-refractivity contribution in [1.29, 1.82) is 5.26 Å². The van der Waals surface area contributed by atoms with Gasteiger partial charge in [-0.15, -0.1) is 0 Å². The zero-order chi connectivity index (χ0) is 23.2. The molecule has 0 amide bonds. The van der Waals surface area contributed by atoms with Crippen molar-refractivity contribution in [2.75, 3.05) is 6.61 Å². The Morgan fingerprint density at radius 1 is 1.26 bits per heavy atom. The number of allylic oxidation sites excluding steroid dienone is 1. The molecule has 0 fully saturated rings. The maximum Gasteiger partial charge on any atom is 0.334 e. The van der Waals surface area contributed by atoms with Crippen LogP contribution >= 0.6 is 0 Å². The quantitative estimate of drug-likeness (QED) is 0.689. The van der Waals surface area contributed by atoms with Crippen molar-refractivity contribution in [1.82, 2.24) is 5.32 Å². The Morgan fingerprint density at radius 2 is 1.90 bits per heavy atom. The van der Waals surface area contributed by atoms with E-state index in [0.717, 1.165) is 0 Å². The minimum absolute atomic E-state index is 0.0100. The Labute approximate surface area is 180 Å². The van der Waals surface area contributed by atoms with Crippen LogP contribution in [0.25, 0.3) is 0 Å². The van der Waals surface area contributed by atoms with E-state index in [-0.39, 0.29) is 24.3 Å². The van der Waals surface area contributed by atoms with Gasteiger partial charge >= 0.3 is 17.9 Å². The van der Waals surface area contributed by atoms with E-state index in [1.165, 1.54) is 13.8 Å². The number of nitrogens with one attached hydrogen (secondary N) is 1. The third kappa shape index (κ3) is 2.55. The molecule has 0 saturated carbocycles. The van der Waals surface area contributed by atoms with Gasteiger partial charge in [0.2, 0.25) is 0 Å². The Morgan fingerprint density at radius 3 is 2.42 bits per heavy atom. The van der Waals surface area contributed by atoms with Gasteiger partial charge in [-0.3, -0.25) is 9.59 Å². The van der Waals surface area contributed by atoms with Crippen molar-refractivity contribution in [2.45, 2.75) is 58.1 Å². The molecule has 164 valence electrons. The number of hydrogen-bond acceptors (Lipinski definition) is 7. The summed E-state index contributed by atoms with van der Waals surface area (Å²) in [7, 11) is 0. The van der Waals surface area contributed by atoms with E-state index >= 15 is 0 Å². The molecule has 0 spiro atoms. The number of hydrogen-bond donors (Lipinski definition) is 2. The van der Waals surface area contributed by atoms with Gasteiger partial charge < -0.3 is 19.9 Å². The lowest BCUT2D eigenvalue weighted by Gasteiger charge is -2.56. The maximum absolute atomic E-state index is 13.9. The number of benzene rings is 1. The maximum atomic E-state index is 13.9. The molecule has 1 aliphatic carbocycles. The number of carboxylic acid groups (broad SMARTS) is 1. The molecule has 1 heterocycles. The lowest BCUT2D eigenvalue weighted by Crippen LogP contribution is -2.72. The van der Waals surface area contributed by atoms with Gasteiger partial charge in [-0.05, 0) is 38.3 Å². The number of esters is 2. The number of aliphatic carboxylic acids is 1. The summed E-state index contributed by atoms with van der Waals surface area (Å²) in [6, 6.07) is 9.09. The summed E-state index contributed by atoms with van der Waals surface area (Å²) >= 11 is 0. The van der Waals surface area contributed by atoms with Crippen LogP contribution < -0.4 is 5.32 Å². The lowest BCUT2D eigenvalue weighted by molar-refractivity contribution is -0.186. The molecule has 1 unspecified atom stereocenters. The molecule has 3 rings (SSSR count). The van der Waals surface area contributed by atoms with Crippen LogP contribution in [0.2, 0.25) is 0 Å². The molecule has 1 aromatic carbocycles. The zero-order valence-electron chi connectivity index (χ0n) is 18.2. The Hall–Kier alpha value is -3.34. The summed E-state index contributed by atoms with van der Waals surface area (Å²) in [5, 5.41) is 23.6. The number of carbonyl (C=O) groups is 3. The van der Waals surface area contributed by atoms with Gasteiger partial charge in [-0.1, -0.05) is 31.2 Å². The highest BCUT2D eigenvalue weighted by atomic mass is 16.6. The van der Waals surface area contributed by atoms with E-state index in [2.05, 4.69) is 11.4 Å². The Balaban J connectivity index is 2.62. The molecule has 8 nitrogen and oxygen atoms in total. The van der Waals surface area contributed by atoms with E-state index in [0.29, 0.717) is 11.1 Å². The minimum atomic E-state index is -1.87. The highest BCUT2D eigenvalue weighted by Gasteiger charge is 2.80. The van der Waals surface area contributed by atoms with E-state index in [1.54, 1.807) is 45.0 Å². The number of nitrogens with zero attached hydrogens (tertiary/aromatic N) is 1. The first-order valence-electron chi connectivity index (χ1n) is 10.2. The van der Waals surface area contributed by atoms with Crippen molar-refractivity contribution in [3.63, 3.8) is 0 Å². The second-order valence-corrected chi connectivity index (χ2v) is 8.03. The summed E-state index contributed by atoms with van der Waals surface area (Å²) in [6.45, 7) is 7.72. The van der Waals surface area contributed by atoms with Gasteiger partial charge in [0, 0.05) is 12.6 Å². The molecule has 1 aliphatic heterocycles. The molecule has 0 bridgehead atoms. The number of fused-ring (bicyclic) bond motifs is 3. The van der Waals surface area contributed by atoms with Gasteiger partial charge in [0.1, 0.15) is 11.6 Å². The van der Waals surface area contributed by atoms with Crippen LogP contribution in [0.3, 0.4) is 0 Å². The summed E-state index contributed by atoms with van der Waals surface area (Å²) < 4.78 is 11.2. The number of nitriles is 1. The Bertz CT molecular complexity index is 1040. The normalized spacial score (nSPS) is 31.0. The van der Waals surface area contributed by atoms with Crippen LogP contribution in [0.15, 0.2) is 35.5 Å². The highest BCUT2D eigenvalue weighted by Crippen LogP contribution is 2.70. The molecule has 1 aromatic rings. The molecule has 0 saturated heterocycles. The largest absolute Gasteiger partial charge is 0.478 e. The second kappa shape index (κ2) is 7.41. The molecular weight excluding hydrogens is 400 g/mol. The number of carbonyl (C=O) groups excluding carboxylic acids is 2. The van der Waals surface area contributed by atoms with Gasteiger partial charge in [-0.2, -0.15) is 5.26 Å². The van der Waals surface area contributed by atoms with Crippen LogP contribution in [0, 0.1) is 16.7 Å². The summed E-state index contributed by atoms with van der Waals surface area (Å²) in [6.07, 6.45) is -1.06. The van der Waals surface area contributed by atoms with E-state index < -0.39 is 40.4 Å². The monoisotopic (exact) mass is 426 g/mol. The molecule has 4 atom stereocenters. The first-order chi connectivity index (χ1) is 14.6. The average molecular weight is 426 g/mol. The van der Waals surface area contributed by atoms with Crippen molar-refractivity contribution < 1.29 is 29.0 Å². The van der Waals surface area contributed by atoms with Crippen LogP contribution in [-0.2, 0) is 29.3 Å². The van der Waals surface area contributed by atoms with Crippen molar-refractivity contribution in [3.8, 4) is 6.07 Å². The van der Waals surface area contributed by atoms with Gasteiger partial charge in [0.05, 0.1) is 23.7 Å². The topological polar surface area (TPSA) is 126 Å². The summed E-state index contributed by atoms with van der Waals surface area (Å²) in [5.74, 6) is -2.67. The lowest BCUT2D eigenvalue weighted by atomic mass is 9.48. The fourth-order valence-electron chi connectivity index (χ4n) is 5.81. The first-order valence-corrected chi connectivity index (χ1v) is 10.2. The van der Waals surface area contributed by atoms with Crippen LogP contribution in [0.4, 0.5) is 0 Å². The fourth-order valence-corrected chi connectivity index (χ4v) is 5.81. The number of rotatable bonds is 5. The molecule has 31 heavy (non-hydrogen) atoms. The van der Waals surface area contributed by atoms with Crippen molar-refractivity contribution in [3.05, 3.63) is 46.7 Å². The molecule has 2 aliphatic rings. The average Bonchev–Trinajstić information content (AvgIpc) is 2.96. The predicted octanol–water partition coefficient (Wildman–Crippen LogP) is 2.75. The van der Waals surface area contributed by atoms with Crippen molar-refractivity contribution >= 4 is 17.9 Å².